The van der Waals surface area contributed by atoms with Crippen LogP contribution in [-0.4, -0.2) is 54.6 Å². The van der Waals surface area contributed by atoms with Gasteiger partial charge in [-0.3, -0.25) is 4.79 Å². The summed E-state index contributed by atoms with van der Waals surface area (Å²) in [5.41, 5.74) is 3.38. The van der Waals surface area contributed by atoms with Crippen molar-refractivity contribution in [3.63, 3.8) is 0 Å². The molecule has 0 aliphatic heterocycles. The Labute approximate surface area is 181 Å². The van der Waals surface area contributed by atoms with Crippen molar-refractivity contribution in [2.24, 2.45) is 0 Å². The Hall–Kier alpha value is -2.96. The smallest absolute Gasteiger partial charge is 0.253 e. The van der Waals surface area contributed by atoms with Gasteiger partial charge in [-0.15, -0.1) is 12.4 Å². The largest absolute Gasteiger partial charge is 0.496 e. The van der Waals surface area contributed by atoms with E-state index < -0.39 is 0 Å². The third kappa shape index (κ3) is 4.01. The van der Waals surface area contributed by atoms with Gasteiger partial charge in [-0.05, 0) is 51.4 Å². The molecule has 0 fully saturated rings. The first kappa shape index (κ1) is 21.7. The summed E-state index contributed by atoms with van der Waals surface area (Å²) in [5, 5.41) is 4.98. The zero-order valence-electron chi connectivity index (χ0n) is 17.5. The Morgan fingerprint density at radius 2 is 1.73 bits per heavy atom. The fourth-order valence-corrected chi connectivity index (χ4v) is 3.75. The van der Waals surface area contributed by atoms with Crippen LogP contribution < -0.4 is 10.1 Å². The molecule has 1 atom stereocenters. The van der Waals surface area contributed by atoms with Crippen molar-refractivity contribution in [3.8, 4) is 5.75 Å². The normalized spacial score (nSPS) is 12.2. The average molecular weight is 425 g/mol. The molecule has 0 radical (unpaired) electrons. The second kappa shape index (κ2) is 8.81. The van der Waals surface area contributed by atoms with E-state index in [1.54, 1.807) is 13.2 Å². The number of hydrogen-bond donors (Lipinski definition) is 1. The molecule has 3 aromatic carbocycles. The molecule has 0 saturated carbocycles. The summed E-state index contributed by atoms with van der Waals surface area (Å²) in [6.45, 7) is 2.75. The fourth-order valence-electron chi connectivity index (χ4n) is 3.75. The first-order valence-corrected chi connectivity index (χ1v) is 9.59. The first-order valence-electron chi connectivity index (χ1n) is 9.59. The van der Waals surface area contributed by atoms with E-state index in [-0.39, 0.29) is 24.4 Å². The van der Waals surface area contributed by atoms with Crippen LogP contribution in [0.4, 0.5) is 0 Å². The van der Waals surface area contributed by atoms with Crippen LogP contribution in [0.1, 0.15) is 17.3 Å². The van der Waals surface area contributed by atoms with E-state index in [1.807, 2.05) is 68.4 Å². The molecular formula is C23H25ClN4O2. The molecule has 4 aromatic rings. The third-order valence-corrected chi connectivity index (χ3v) is 4.93. The molecule has 4 rings (SSSR count). The maximum absolute atomic E-state index is 12.9. The van der Waals surface area contributed by atoms with Gasteiger partial charge < -0.3 is 15.0 Å². The van der Waals surface area contributed by atoms with Crippen molar-refractivity contribution in [1.82, 2.24) is 20.2 Å². The van der Waals surface area contributed by atoms with E-state index in [9.17, 15) is 4.79 Å². The van der Waals surface area contributed by atoms with E-state index in [0.29, 0.717) is 16.6 Å². The molecule has 0 saturated heterocycles. The second-order valence-corrected chi connectivity index (χ2v) is 7.52. The Bertz CT molecular complexity index is 1230. The summed E-state index contributed by atoms with van der Waals surface area (Å²) in [4.78, 5) is 24.6. The Morgan fingerprint density at radius 3 is 2.47 bits per heavy atom. The van der Waals surface area contributed by atoms with Gasteiger partial charge in [0.15, 0.2) is 0 Å². The number of aromatic nitrogens is 2. The minimum absolute atomic E-state index is 0. The van der Waals surface area contributed by atoms with Crippen LogP contribution in [0, 0.1) is 0 Å². The highest BCUT2D eigenvalue weighted by Crippen LogP contribution is 2.31. The molecule has 156 valence electrons. The number of carbonyl (C=O) groups is 1. The van der Waals surface area contributed by atoms with Crippen LogP contribution in [0.5, 0.6) is 5.75 Å². The highest BCUT2D eigenvalue weighted by atomic mass is 35.5. The zero-order valence-corrected chi connectivity index (χ0v) is 18.3. The second-order valence-electron chi connectivity index (χ2n) is 7.52. The Balaban J connectivity index is 0.00000256. The van der Waals surface area contributed by atoms with Crippen LogP contribution in [0.3, 0.4) is 0 Å². The minimum atomic E-state index is -0.142. The predicted octanol–water partition coefficient (Wildman–Crippen LogP) is 4.05. The van der Waals surface area contributed by atoms with Crippen LogP contribution >= 0.6 is 12.4 Å². The summed E-state index contributed by atoms with van der Waals surface area (Å²) in [7, 11) is 5.62. The molecule has 0 unspecified atom stereocenters. The molecule has 1 aromatic heterocycles. The zero-order chi connectivity index (χ0) is 20.5. The number of methoxy groups -OCH3 is 1. The molecule has 0 aliphatic carbocycles. The Kier molecular flexibility index (Phi) is 6.39. The first-order chi connectivity index (χ1) is 14.0. The number of fused-ring (bicyclic) bond motifs is 4. The molecule has 30 heavy (non-hydrogen) atoms. The lowest BCUT2D eigenvalue weighted by Gasteiger charge is -2.18. The summed E-state index contributed by atoms with van der Waals surface area (Å²) in [6, 6.07) is 15.4. The molecule has 6 nitrogen and oxygen atoms in total. The number of halogens is 1. The molecule has 7 heteroatoms. The number of ether oxygens (including phenoxy) is 1. The fraction of sp³-hybridized carbons (Fsp3) is 0.261. The van der Waals surface area contributed by atoms with Gasteiger partial charge in [-0.1, -0.05) is 18.2 Å². The number of nitrogens with zero attached hydrogens (tertiary/aromatic N) is 3. The molecule has 1 heterocycles. The molecule has 0 bridgehead atoms. The van der Waals surface area contributed by atoms with Crippen LogP contribution in [0.15, 0.2) is 48.5 Å². The Morgan fingerprint density at radius 1 is 1.00 bits per heavy atom. The van der Waals surface area contributed by atoms with Crippen LogP contribution in [0.25, 0.3) is 32.8 Å². The summed E-state index contributed by atoms with van der Waals surface area (Å²) < 4.78 is 5.48. The van der Waals surface area contributed by atoms with Crippen molar-refractivity contribution < 1.29 is 9.53 Å². The van der Waals surface area contributed by atoms with E-state index in [2.05, 4.69) is 5.32 Å². The van der Waals surface area contributed by atoms with Gasteiger partial charge in [-0.25, -0.2) is 9.97 Å². The van der Waals surface area contributed by atoms with E-state index >= 15 is 0 Å². The van der Waals surface area contributed by atoms with Gasteiger partial charge in [-0.2, -0.15) is 0 Å². The highest BCUT2D eigenvalue weighted by Gasteiger charge is 2.16. The highest BCUT2D eigenvalue weighted by molar-refractivity contribution is 6.11. The predicted molar refractivity (Wildman–Crippen MR) is 124 cm³/mol. The lowest BCUT2D eigenvalue weighted by Crippen LogP contribution is -2.39. The van der Waals surface area contributed by atoms with Crippen molar-refractivity contribution >= 4 is 51.2 Å². The number of rotatable bonds is 5. The lowest BCUT2D eigenvalue weighted by molar-refractivity contribution is 0.0936. The summed E-state index contributed by atoms with van der Waals surface area (Å²) >= 11 is 0. The number of likely N-dealkylation sites (N-methyl/N-ethyl adjacent to an activating group) is 1. The number of carbonyl (C=O) groups excluding carboxylic acids is 1. The van der Waals surface area contributed by atoms with Gasteiger partial charge in [0.2, 0.25) is 0 Å². The van der Waals surface area contributed by atoms with Gasteiger partial charge in [0.05, 0.1) is 29.2 Å². The van der Waals surface area contributed by atoms with E-state index in [1.165, 1.54) is 0 Å². The third-order valence-electron chi connectivity index (χ3n) is 4.93. The SMILES string of the molecule is COc1cccc2c1ccc1nc3cccc(C(=O)N[C@H](C)CN(C)C)c3nc12.Cl. The van der Waals surface area contributed by atoms with E-state index in [0.717, 1.165) is 34.1 Å². The molecule has 0 aliphatic rings. The molecular weight excluding hydrogens is 400 g/mol. The van der Waals surface area contributed by atoms with Crippen molar-refractivity contribution in [1.29, 1.82) is 0 Å². The lowest BCUT2D eigenvalue weighted by atomic mass is 10.1. The van der Waals surface area contributed by atoms with E-state index in [4.69, 9.17) is 14.7 Å². The quantitative estimate of drug-likeness (QED) is 0.386. The van der Waals surface area contributed by atoms with Crippen molar-refractivity contribution in [3.05, 3.63) is 54.1 Å². The molecule has 1 amide bonds. The number of hydrogen-bond acceptors (Lipinski definition) is 5. The number of amides is 1. The summed E-state index contributed by atoms with van der Waals surface area (Å²) in [6.07, 6.45) is 0. The average Bonchev–Trinajstić information content (AvgIpc) is 2.70. The molecule has 1 N–H and O–H groups in total. The number of para-hydroxylation sites is 1. The van der Waals surface area contributed by atoms with Crippen LogP contribution in [0.2, 0.25) is 0 Å². The van der Waals surface area contributed by atoms with Crippen molar-refractivity contribution in [2.75, 3.05) is 27.7 Å². The monoisotopic (exact) mass is 424 g/mol. The van der Waals surface area contributed by atoms with Gasteiger partial charge >= 0.3 is 0 Å². The topological polar surface area (TPSA) is 67.3 Å². The maximum atomic E-state index is 12.9. The van der Waals surface area contributed by atoms with Gasteiger partial charge in [0.1, 0.15) is 11.3 Å². The van der Waals surface area contributed by atoms with Gasteiger partial charge in [0, 0.05) is 23.4 Å². The number of nitrogens with one attached hydrogen (secondary N) is 1. The number of benzene rings is 3. The standard InChI is InChI=1S/C23H24N4O2.ClH/c1-14(13-27(2)3)24-23(28)17-8-5-9-18-22(17)26-21-16-7-6-10-20(29-4)15(16)11-12-19(21)25-18;/h5-12,14H,13H2,1-4H3,(H,24,28);1H/t14-;/m1./s1. The van der Waals surface area contributed by atoms with Gasteiger partial charge in [0.25, 0.3) is 5.91 Å². The molecule has 0 spiro atoms. The summed E-state index contributed by atoms with van der Waals surface area (Å²) in [5.74, 6) is 0.645. The van der Waals surface area contributed by atoms with Crippen molar-refractivity contribution in [2.45, 2.75) is 13.0 Å². The van der Waals surface area contributed by atoms with Crippen LogP contribution in [-0.2, 0) is 0 Å². The minimum Gasteiger partial charge on any atom is -0.496 e. The maximum Gasteiger partial charge on any atom is 0.253 e.